The quantitative estimate of drug-likeness (QED) is 0.840. The molecule has 1 heterocycles. The fourth-order valence-corrected chi connectivity index (χ4v) is 6.63. The molecule has 7 heteroatoms. The standard InChI is InChI=1S/C16H23NO4S2/c1-21-16(18)15-14(8-9-22-15)23(19,20)17-13-7-6-11-4-2-3-5-12(11)10-13/h8-9,11-13,17H,2-7,10H2,1H3/t11-,12+,13-/m1/s1. The van der Waals surface area contributed by atoms with Gasteiger partial charge in [-0.3, -0.25) is 0 Å². The summed E-state index contributed by atoms with van der Waals surface area (Å²) >= 11 is 1.10. The van der Waals surface area contributed by atoms with Crippen molar-refractivity contribution in [3.63, 3.8) is 0 Å². The van der Waals surface area contributed by atoms with E-state index in [0.29, 0.717) is 5.92 Å². The molecule has 3 atom stereocenters. The number of rotatable bonds is 4. The zero-order valence-corrected chi connectivity index (χ0v) is 14.9. The molecule has 1 aromatic rings. The summed E-state index contributed by atoms with van der Waals surface area (Å²) in [5.41, 5.74) is 0. The Bertz CT molecular complexity index is 667. The van der Waals surface area contributed by atoms with Crippen molar-refractivity contribution in [1.82, 2.24) is 4.72 Å². The zero-order chi connectivity index (χ0) is 16.4. The number of carbonyl (C=O) groups excluding carboxylic acids is 1. The fraction of sp³-hybridized carbons (Fsp3) is 0.688. The maximum absolute atomic E-state index is 12.7. The van der Waals surface area contributed by atoms with Crippen LogP contribution in [0.2, 0.25) is 0 Å². The topological polar surface area (TPSA) is 72.5 Å². The number of thiophene rings is 1. The third kappa shape index (κ3) is 3.61. The van der Waals surface area contributed by atoms with Crippen molar-refractivity contribution in [2.24, 2.45) is 11.8 Å². The van der Waals surface area contributed by atoms with Crippen LogP contribution in [0.25, 0.3) is 0 Å². The predicted molar refractivity (Wildman–Crippen MR) is 89.1 cm³/mol. The lowest BCUT2D eigenvalue weighted by Gasteiger charge is -2.39. The summed E-state index contributed by atoms with van der Waals surface area (Å²) in [5, 5.41) is 1.61. The second kappa shape index (κ2) is 6.91. The molecule has 0 unspecified atom stereocenters. The van der Waals surface area contributed by atoms with Gasteiger partial charge in [-0.15, -0.1) is 11.3 Å². The van der Waals surface area contributed by atoms with Crippen molar-refractivity contribution < 1.29 is 17.9 Å². The maximum atomic E-state index is 12.7. The average Bonchev–Trinajstić information content (AvgIpc) is 3.04. The highest BCUT2D eigenvalue weighted by molar-refractivity contribution is 7.89. The highest BCUT2D eigenvalue weighted by atomic mass is 32.2. The van der Waals surface area contributed by atoms with Gasteiger partial charge in [0.15, 0.2) is 0 Å². The summed E-state index contributed by atoms with van der Waals surface area (Å²) in [5.74, 6) is 0.820. The minimum Gasteiger partial charge on any atom is -0.465 e. The Kier molecular flexibility index (Phi) is 5.08. The van der Waals surface area contributed by atoms with E-state index < -0.39 is 16.0 Å². The molecule has 0 radical (unpaired) electrons. The van der Waals surface area contributed by atoms with Gasteiger partial charge in [0.25, 0.3) is 0 Å². The number of sulfonamides is 1. The lowest BCUT2D eigenvalue weighted by atomic mass is 9.70. The minimum absolute atomic E-state index is 0.0234. The van der Waals surface area contributed by atoms with Crippen LogP contribution in [0.4, 0.5) is 0 Å². The molecule has 0 aliphatic heterocycles. The number of nitrogens with one attached hydrogen (secondary N) is 1. The van der Waals surface area contributed by atoms with Crippen LogP contribution >= 0.6 is 11.3 Å². The molecule has 1 aromatic heterocycles. The Labute approximate surface area is 141 Å². The van der Waals surface area contributed by atoms with E-state index in [1.54, 1.807) is 5.38 Å². The lowest BCUT2D eigenvalue weighted by Crippen LogP contribution is -2.41. The first-order valence-corrected chi connectivity index (χ1v) is 10.6. The van der Waals surface area contributed by atoms with Gasteiger partial charge in [0.05, 0.1) is 7.11 Å². The van der Waals surface area contributed by atoms with E-state index in [2.05, 4.69) is 9.46 Å². The fourth-order valence-electron chi connectivity index (χ4n) is 4.01. The molecule has 23 heavy (non-hydrogen) atoms. The number of fused-ring (bicyclic) bond motifs is 1. The van der Waals surface area contributed by atoms with E-state index in [4.69, 9.17) is 0 Å². The first kappa shape index (κ1) is 16.9. The van der Waals surface area contributed by atoms with Crippen molar-refractivity contribution in [3.05, 3.63) is 16.3 Å². The number of carbonyl (C=O) groups is 1. The van der Waals surface area contributed by atoms with Crippen LogP contribution in [-0.4, -0.2) is 27.5 Å². The molecule has 128 valence electrons. The third-order valence-corrected chi connectivity index (χ3v) is 7.74. The van der Waals surface area contributed by atoms with E-state index in [1.165, 1.54) is 38.9 Å². The van der Waals surface area contributed by atoms with E-state index in [9.17, 15) is 13.2 Å². The van der Waals surface area contributed by atoms with Crippen LogP contribution in [0.1, 0.15) is 54.6 Å². The molecule has 2 saturated carbocycles. The van der Waals surface area contributed by atoms with Gasteiger partial charge < -0.3 is 4.74 Å². The molecule has 0 saturated heterocycles. The van der Waals surface area contributed by atoms with Gasteiger partial charge in [0.2, 0.25) is 10.0 Å². The molecule has 0 aromatic carbocycles. The summed E-state index contributed by atoms with van der Waals surface area (Å²) in [4.78, 5) is 11.9. The average molecular weight is 357 g/mol. The molecule has 0 amide bonds. The van der Waals surface area contributed by atoms with Crippen LogP contribution in [0.15, 0.2) is 16.3 Å². The molecule has 3 rings (SSSR count). The molecule has 2 fully saturated rings. The Morgan fingerprint density at radius 2 is 1.96 bits per heavy atom. The summed E-state index contributed by atoms with van der Waals surface area (Å²) in [6.45, 7) is 0. The summed E-state index contributed by atoms with van der Waals surface area (Å²) in [6.07, 6.45) is 7.99. The third-order valence-electron chi connectivity index (χ3n) is 5.15. The van der Waals surface area contributed by atoms with Crippen molar-refractivity contribution in [2.45, 2.75) is 55.9 Å². The number of hydrogen-bond donors (Lipinski definition) is 1. The van der Waals surface area contributed by atoms with Gasteiger partial charge in [-0.05, 0) is 42.5 Å². The summed E-state index contributed by atoms with van der Waals surface area (Å²) in [7, 11) is -2.42. The number of esters is 1. The second-order valence-electron chi connectivity index (χ2n) is 6.54. The monoisotopic (exact) mass is 357 g/mol. The SMILES string of the molecule is COC(=O)c1sccc1S(=O)(=O)N[C@@H]1CC[C@H]2CCCC[C@H]2C1. The Balaban J connectivity index is 1.72. The first-order valence-electron chi connectivity index (χ1n) is 8.19. The largest absolute Gasteiger partial charge is 0.465 e. The molecular weight excluding hydrogens is 334 g/mol. The van der Waals surface area contributed by atoms with Gasteiger partial charge >= 0.3 is 5.97 Å². The molecule has 0 spiro atoms. The highest BCUT2D eigenvalue weighted by Gasteiger charge is 2.35. The lowest BCUT2D eigenvalue weighted by molar-refractivity contribution is 0.0602. The van der Waals surface area contributed by atoms with Gasteiger partial charge in [-0.25, -0.2) is 17.9 Å². The van der Waals surface area contributed by atoms with Gasteiger partial charge in [0.1, 0.15) is 9.77 Å². The van der Waals surface area contributed by atoms with Crippen molar-refractivity contribution in [3.8, 4) is 0 Å². The van der Waals surface area contributed by atoms with Crippen LogP contribution in [0.5, 0.6) is 0 Å². The van der Waals surface area contributed by atoms with E-state index in [0.717, 1.165) is 36.5 Å². The predicted octanol–water partition coefficient (Wildman–Crippen LogP) is 3.17. The Hall–Kier alpha value is -0.920. The normalized spacial score (nSPS) is 28.1. The van der Waals surface area contributed by atoms with Gasteiger partial charge in [-0.1, -0.05) is 25.7 Å². The van der Waals surface area contributed by atoms with E-state index in [1.807, 2.05) is 0 Å². The molecule has 2 aliphatic carbocycles. The molecule has 2 aliphatic rings. The first-order chi connectivity index (χ1) is 11.0. The van der Waals surface area contributed by atoms with Crippen molar-refractivity contribution >= 4 is 27.3 Å². The van der Waals surface area contributed by atoms with Crippen LogP contribution < -0.4 is 4.72 Å². The Morgan fingerprint density at radius 1 is 1.22 bits per heavy atom. The summed E-state index contributed by atoms with van der Waals surface area (Å²) in [6, 6.07) is 1.45. The Morgan fingerprint density at radius 3 is 2.70 bits per heavy atom. The summed E-state index contributed by atoms with van der Waals surface area (Å²) < 4.78 is 32.8. The van der Waals surface area contributed by atoms with Crippen molar-refractivity contribution in [1.29, 1.82) is 0 Å². The highest BCUT2D eigenvalue weighted by Crippen LogP contribution is 2.40. The molecule has 5 nitrogen and oxygen atoms in total. The second-order valence-corrected chi connectivity index (χ2v) is 9.14. The molecule has 1 N–H and O–H groups in total. The maximum Gasteiger partial charge on any atom is 0.349 e. The van der Waals surface area contributed by atoms with Crippen molar-refractivity contribution in [2.75, 3.05) is 7.11 Å². The van der Waals surface area contributed by atoms with Gasteiger partial charge in [-0.2, -0.15) is 0 Å². The smallest absolute Gasteiger partial charge is 0.349 e. The van der Waals surface area contributed by atoms with Crippen LogP contribution in [0.3, 0.4) is 0 Å². The van der Waals surface area contributed by atoms with E-state index in [-0.39, 0.29) is 15.8 Å². The minimum atomic E-state index is -3.68. The number of methoxy groups -OCH3 is 1. The molecular formula is C16H23NO4S2. The number of hydrogen-bond acceptors (Lipinski definition) is 5. The van der Waals surface area contributed by atoms with Gasteiger partial charge in [0, 0.05) is 6.04 Å². The number of ether oxygens (including phenoxy) is 1. The zero-order valence-electron chi connectivity index (χ0n) is 13.3. The van der Waals surface area contributed by atoms with Crippen LogP contribution in [-0.2, 0) is 14.8 Å². The van der Waals surface area contributed by atoms with Crippen LogP contribution in [0, 0.1) is 11.8 Å². The van der Waals surface area contributed by atoms with E-state index >= 15 is 0 Å². The molecule has 0 bridgehead atoms.